The summed E-state index contributed by atoms with van der Waals surface area (Å²) < 4.78 is 57.6. The topological polar surface area (TPSA) is 29.5 Å². The minimum Gasteiger partial charge on any atom is -0.377 e. The van der Waals surface area contributed by atoms with Gasteiger partial charge in [-0.3, -0.25) is 4.79 Å². The number of hydrogen-bond acceptors (Lipinski definition) is 2. The lowest BCUT2D eigenvalue weighted by molar-refractivity contribution is -0.140. The zero-order valence-electron chi connectivity index (χ0n) is 13.7. The molecule has 0 bridgehead atoms. The molecular weight excluding hydrogens is 326 g/mol. The van der Waals surface area contributed by atoms with Gasteiger partial charge in [-0.2, -0.15) is 13.2 Å². The fourth-order valence-corrected chi connectivity index (χ4v) is 4.29. The molecule has 1 saturated heterocycles. The molecule has 1 aliphatic heterocycles. The molecule has 1 heterocycles. The van der Waals surface area contributed by atoms with Crippen LogP contribution < -0.4 is 0 Å². The first-order valence-corrected chi connectivity index (χ1v) is 7.80. The molecule has 3 rings (SSSR count). The second-order valence-corrected chi connectivity index (χ2v) is 7.12. The summed E-state index contributed by atoms with van der Waals surface area (Å²) in [6, 6.07) is 2.26. The van der Waals surface area contributed by atoms with E-state index >= 15 is 0 Å². The van der Waals surface area contributed by atoms with E-state index in [-0.39, 0.29) is 29.0 Å². The lowest BCUT2D eigenvalue weighted by Gasteiger charge is -2.57. The summed E-state index contributed by atoms with van der Waals surface area (Å²) >= 11 is 0. The summed E-state index contributed by atoms with van der Waals surface area (Å²) in [5.74, 6) is -1.73. The molecular formula is C17H19F4NO2. The Labute approximate surface area is 137 Å². The van der Waals surface area contributed by atoms with E-state index in [0.717, 1.165) is 12.5 Å². The third-order valence-corrected chi connectivity index (χ3v) is 5.29. The average Bonchev–Trinajstić information content (AvgIpc) is 2.92. The first-order valence-electron chi connectivity index (χ1n) is 7.80. The second-order valence-electron chi connectivity index (χ2n) is 7.12. The Kier molecular flexibility index (Phi) is 3.90. The average molecular weight is 345 g/mol. The minimum atomic E-state index is -4.83. The number of hydrogen-bond donors (Lipinski definition) is 0. The third-order valence-electron chi connectivity index (χ3n) is 5.29. The Morgan fingerprint density at radius 1 is 1.33 bits per heavy atom. The normalized spacial score (nSPS) is 28.2. The minimum absolute atomic E-state index is 0.0664. The Hall–Kier alpha value is -1.63. The molecule has 0 N–H and O–H groups in total. The van der Waals surface area contributed by atoms with Crippen molar-refractivity contribution >= 4 is 5.91 Å². The summed E-state index contributed by atoms with van der Waals surface area (Å²) in [5, 5.41) is 0. The van der Waals surface area contributed by atoms with Gasteiger partial charge in [0.2, 0.25) is 0 Å². The molecule has 1 aromatic rings. The van der Waals surface area contributed by atoms with Crippen LogP contribution in [0.3, 0.4) is 0 Å². The zero-order valence-corrected chi connectivity index (χ0v) is 13.7. The van der Waals surface area contributed by atoms with Gasteiger partial charge in [0.1, 0.15) is 5.82 Å². The molecule has 132 valence electrons. The van der Waals surface area contributed by atoms with Gasteiger partial charge in [0, 0.05) is 36.6 Å². The maximum Gasteiger partial charge on any atom is 0.419 e. The van der Waals surface area contributed by atoms with Crippen molar-refractivity contribution in [1.82, 2.24) is 4.90 Å². The Morgan fingerprint density at radius 2 is 2.00 bits per heavy atom. The molecule has 0 unspecified atom stereocenters. The quantitative estimate of drug-likeness (QED) is 0.765. The summed E-state index contributed by atoms with van der Waals surface area (Å²) in [7, 11) is 1.58. The lowest BCUT2D eigenvalue weighted by atomic mass is 9.56. The van der Waals surface area contributed by atoms with E-state index in [4.69, 9.17) is 4.74 Å². The van der Waals surface area contributed by atoms with Crippen molar-refractivity contribution in [3.8, 4) is 0 Å². The van der Waals surface area contributed by atoms with Crippen molar-refractivity contribution < 1.29 is 27.1 Å². The number of amides is 1. The van der Waals surface area contributed by atoms with Gasteiger partial charge in [-0.25, -0.2) is 4.39 Å². The number of ether oxygens (including phenoxy) is 1. The van der Waals surface area contributed by atoms with E-state index in [9.17, 15) is 22.4 Å². The molecule has 1 aromatic carbocycles. The van der Waals surface area contributed by atoms with Crippen molar-refractivity contribution in [1.29, 1.82) is 0 Å². The summed E-state index contributed by atoms with van der Waals surface area (Å²) in [6.45, 7) is 4.60. The largest absolute Gasteiger partial charge is 0.419 e. The molecule has 7 heteroatoms. The van der Waals surface area contributed by atoms with Crippen LogP contribution in [-0.4, -0.2) is 36.6 Å². The second kappa shape index (κ2) is 5.44. The van der Waals surface area contributed by atoms with Crippen LogP contribution in [0.5, 0.6) is 0 Å². The highest BCUT2D eigenvalue weighted by Gasteiger charge is 2.61. The molecule has 2 aliphatic rings. The van der Waals surface area contributed by atoms with Crippen LogP contribution in [-0.2, 0) is 10.9 Å². The number of rotatable bonds is 2. The predicted molar refractivity (Wildman–Crippen MR) is 78.9 cm³/mol. The van der Waals surface area contributed by atoms with Gasteiger partial charge in [0.15, 0.2) is 0 Å². The molecule has 1 amide bonds. The smallest absolute Gasteiger partial charge is 0.377 e. The molecule has 24 heavy (non-hydrogen) atoms. The van der Waals surface area contributed by atoms with Crippen molar-refractivity contribution in [3.63, 3.8) is 0 Å². The van der Waals surface area contributed by atoms with Crippen LogP contribution in [0.4, 0.5) is 17.6 Å². The van der Waals surface area contributed by atoms with E-state index in [1.807, 2.05) is 13.8 Å². The number of nitrogens with zero attached hydrogens (tertiary/aromatic N) is 1. The number of halogens is 4. The number of fused-ring (bicyclic) bond motifs is 1. The van der Waals surface area contributed by atoms with Crippen LogP contribution in [0, 0.1) is 17.2 Å². The van der Waals surface area contributed by atoms with Crippen molar-refractivity contribution in [2.45, 2.75) is 38.6 Å². The van der Waals surface area contributed by atoms with Crippen LogP contribution >= 0.6 is 0 Å². The Bertz CT molecular complexity index is 671. The molecule has 3 atom stereocenters. The van der Waals surface area contributed by atoms with Crippen LogP contribution in [0.15, 0.2) is 18.2 Å². The van der Waals surface area contributed by atoms with Gasteiger partial charge in [-0.1, -0.05) is 13.8 Å². The third kappa shape index (κ3) is 2.49. The monoisotopic (exact) mass is 345 g/mol. The molecule has 0 radical (unpaired) electrons. The van der Waals surface area contributed by atoms with E-state index in [1.165, 1.54) is 4.90 Å². The summed E-state index contributed by atoms with van der Waals surface area (Å²) in [4.78, 5) is 14.1. The fraction of sp³-hybridized carbons (Fsp3) is 0.588. The molecule has 3 nitrogen and oxygen atoms in total. The van der Waals surface area contributed by atoms with Gasteiger partial charge in [-0.05, 0) is 24.6 Å². The van der Waals surface area contributed by atoms with Crippen molar-refractivity contribution in [3.05, 3.63) is 35.1 Å². The van der Waals surface area contributed by atoms with Crippen LogP contribution in [0.1, 0.15) is 36.2 Å². The number of carbonyl (C=O) groups excluding carboxylic acids is 1. The van der Waals surface area contributed by atoms with Gasteiger partial charge in [0.05, 0.1) is 11.7 Å². The maximum absolute atomic E-state index is 13.4. The number of benzene rings is 1. The number of alkyl halides is 3. The summed E-state index contributed by atoms with van der Waals surface area (Å²) in [5.41, 5.74) is -1.85. The molecule has 0 aromatic heterocycles. The summed E-state index contributed by atoms with van der Waals surface area (Å²) in [6.07, 6.45) is -3.94. The first kappa shape index (κ1) is 17.2. The van der Waals surface area contributed by atoms with E-state index in [0.29, 0.717) is 18.7 Å². The molecule has 1 aliphatic carbocycles. The Morgan fingerprint density at radius 3 is 2.62 bits per heavy atom. The van der Waals surface area contributed by atoms with E-state index in [2.05, 4.69) is 0 Å². The highest BCUT2D eigenvalue weighted by molar-refractivity contribution is 5.94. The van der Waals surface area contributed by atoms with Gasteiger partial charge >= 0.3 is 6.18 Å². The maximum atomic E-state index is 13.4. The molecule has 1 saturated carbocycles. The van der Waals surface area contributed by atoms with Crippen LogP contribution in [0.2, 0.25) is 0 Å². The SMILES string of the molecule is CN(C(=O)c1ccc(F)c(C(F)(F)F)c1)[C@@H]1[C@@H]2CCO[C@@H]2C1(C)C. The van der Waals surface area contributed by atoms with Gasteiger partial charge in [-0.15, -0.1) is 0 Å². The standard InChI is InChI=1S/C17H19F4NO2/c1-16(2)13(10-6-7-24-14(10)16)22(3)15(23)9-4-5-12(18)11(8-9)17(19,20)21/h4-5,8,10,13-14H,6-7H2,1-3H3/t10-,13+,14-/m0/s1. The number of carbonyl (C=O) groups is 1. The highest BCUT2D eigenvalue weighted by atomic mass is 19.4. The first-order chi connectivity index (χ1) is 11.0. The van der Waals surface area contributed by atoms with Gasteiger partial charge < -0.3 is 9.64 Å². The van der Waals surface area contributed by atoms with E-state index in [1.54, 1.807) is 7.05 Å². The van der Waals surface area contributed by atoms with Gasteiger partial charge in [0.25, 0.3) is 5.91 Å². The van der Waals surface area contributed by atoms with Crippen molar-refractivity contribution in [2.24, 2.45) is 11.3 Å². The zero-order chi connectivity index (χ0) is 17.9. The van der Waals surface area contributed by atoms with Crippen molar-refractivity contribution in [2.75, 3.05) is 13.7 Å². The molecule has 0 spiro atoms. The predicted octanol–water partition coefficient (Wildman–Crippen LogP) is 3.73. The van der Waals surface area contributed by atoms with E-state index < -0.39 is 23.5 Å². The Balaban J connectivity index is 1.87. The lowest BCUT2D eigenvalue weighted by Crippen LogP contribution is -2.66. The highest BCUT2D eigenvalue weighted by Crippen LogP contribution is 2.54. The molecule has 2 fully saturated rings. The fourth-order valence-electron chi connectivity index (χ4n) is 4.29. The van der Waals surface area contributed by atoms with Crippen LogP contribution in [0.25, 0.3) is 0 Å².